The summed E-state index contributed by atoms with van der Waals surface area (Å²) in [7, 11) is 0. The molecule has 4 fully saturated rings. The van der Waals surface area contributed by atoms with Crippen LogP contribution in [0.4, 0.5) is 11.4 Å². The molecule has 3 aromatic rings. The van der Waals surface area contributed by atoms with Gasteiger partial charge in [-0.2, -0.15) is 23.8 Å². The lowest BCUT2D eigenvalue weighted by atomic mass is 9.84. The Morgan fingerprint density at radius 3 is 1.50 bits per heavy atom. The lowest BCUT2D eigenvalue weighted by Crippen LogP contribution is -2.35. The number of para-hydroxylation sites is 2. The van der Waals surface area contributed by atoms with Crippen LogP contribution in [-0.4, -0.2) is 46.8 Å². The molecule has 4 aliphatic rings. The van der Waals surface area contributed by atoms with Crippen LogP contribution in [0, 0.1) is 6.07 Å². The van der Waals surface area contributed by atoms with Crippen molar-refractivity contribution in [1.29, 1.82) is 0 Å². The van der Waals surface area contributed by atoms with Gasteiger partial charge in [-0.3, -0.25) is 29.2 Å². The second-order valence-electron chi connectivity index (χ2n) is 12.7. The summed E-state index contributed by atoms with van der Waals surface area (Å²) in [6.07, 6.45) is 3.38. The van der Waals surface area contributed by atoms with Crippen LogP contribution >= 0.6 is 0 Å². The van der Waals surface area contributed by atoms with Crippen LogP contribution in [-0.2, 0) is 15.0 Å². The minimum atomic E-state index is -0.222. The topological polar surface area (TPSA) is 47.1 Å². The number of carbonyl (C=O) groups excluding carboxylic acids is 2. The zero-order valence-electron chi connectivity index (χ0n) is 23.6. The Labute approximate surface area is 237 Å². The standard InChI is InChI=1S/C34H37N4O2/c1-34(2,3)25-21-23(30-35-18-10-16-28(35)32(39)37(30)26-12-6-4-7-13-26)20-24(22-25)31-36-19-11-17-29(36)33(40)38(31)27-14-8-5-9-15-27/h4-9,12-15,21-22,28-31H,10-11,16-19H2,1-3H3/q-1/t28-,29-,30+,31+/m0/s1. The van der Waals surface area contributed by atoms with Crippen LogP contribution in [0.3, 0.4) is 0 Å². The molecule has 6 heteroatoms. The fourth-order valence-electron chi connectivity index (χ4n) is 7.23. The predicted octanol–water partition coefficient (Wildman–Crippen LogP) is 5.80. The smallest absolute Gasteiger partial charge is 0.245 e. The highest BCUT2D eigenvalue weighted by Crippen LogP contribution is 2.46. The van der Waals surface area contributed by atoms with Crippen molar-refractivity contribution >= 4 is 23.2 Å². The first-order chi connectivity index (χ1) is 19.3. The van der Waals surface area contributed by atoms with Gasteiger partial charge in [0.1, 0.15) is 0 Å². The molecule has 0 aromatic heterocycles. The van der Waals surface area contributed by atoms with Crippen LogP contribution < -0.4 is 9.80 Å². The first-order valence-electron chi connectivity index (χ1n) is 14.7. The van der Waals surface area contributed by atoms with E-state index in [1.165, 1.54) is 5.56 Å². The molecule has 0 saturated carbocycles. The largest absolute Gasteiger partial charge is 0.293 e. The summed E-state index contributed by atoms with van der Waals surface area (Å²) in [6, 6.07) is 28.2. The van der Waals surface area contributed by atoms with Gasteiger partial charge in [0.15, 0.2) is 0 Å². The Morgan fingerprint density at radius 1 is 0.675 bits per heavy atom. The van der Waals surface area contributed by atoms with Crippen molar-refractivity contribution in [2.45, 2.75) is 76.3 Å². The maximum atomic E-state index is 13.8. The number of rotatable bonds is 4. The van der Waals surface area contributed by atoms with E-state index in [1.807, 2.05) is 70.5 Å². The normalized spacial score (nSPS) is 27.1. The fraction of sp³-hybridized carbons (Fsp3) is 0.412. The van der Waals surface area contributed by atoms with E-state index >= 15 is 0 Å². The molecule has 0 bridgehead atoms. The highest BCUT2D eigenvalue weighted by molar-refractivity contribution is 6.01. The molecule has 0 aliphatic carbocycles. The summed E-state index contributed by atoms with van der Waals surface area (Å²) in [5, 5.41) is 0. The lowest BCUT2D eigenvalue weighted by Gasteiger charge is -2.38. The number of nitrogens with zero attached hydrogens (tertiary/aromatic N) is 4. The van der Waals surface area contributed by atoms with Crippen molar-refractivity contribution in [1.82, 2.24) is 9.80 Å². The zero-order chi connectivity index (χ0) is 27.6. The summed E-state index contributed by atoms with van der Waals surface area (Å²) in [5.41, 5.74) is 4.93. The molecule has 4 heterocycles. The summed E-state index contributed by atoms with van der Waals surface area (Å²) in [6.45, 7) is 8.48. The van der Waals surface area contributed by atoms with Crippen molar-refractivity contribution in [3.05, 3.63) is 95.6 Å². The van der Waals surface area contributed by atoms with E-state index in [9.17, 15) is 9.59 Å². The average Bonchev–Trinajstić information content (AvgIpc) is 3.73. The molecule has 2 amide bonds. The van der Waals surface area contributed by atoms with Crippen LogP contribution in [0.25, 0.3) is 0 Å². The molecular formula is C34H37N4O2-. The molecule has 4 saturated heterocycles. The van der Waals surface area contributed by atoms with E-state index in [0.717, 1.165) is 61.3 Å². The first kappa shape index (κ1) is 25.5. The minimum Gasteiger partial charge on any atom is -0.293 e. The second kappa shape index (κ2) is 9.57. The third-order valence-electron chi connectivity index (χ3n) is 9.15. The molecule has 40 heavy (non-hydrogen) atoms. The average molecular weight is 534 g/mol. The van der Waals surface area contributed by atoms with Gasteiger partial charge in [0.25, 0.3) is 0 Å². The number of carbonyl (C=O) groups is 2. The van der Waals surface area contributed by atoms with Crippen molar-refractivity contribution in [2.24, 2.45) is 0 Å². The van der Waals surface area contributed by atoms with Gasteiger partial charge in [-0.1, -0.05) is 57.2 Å². The Bertz CT molecular complexity index is 1330. The first-order valence-corrected chi connectivity index (χ1v) is 14.7. The Balaban J connectivity index is 1.40. The lowest BCUT2D eigenvalue weighted by molar-refractivity contribution is -0.120. The van der Waals surface area contributed by atoms with Crippen LogP contribution in [0.5, 0.6) is 0 Å². The number of hydrogen-bond donors (Lipinski definition) is 0. The van der Waals surface area contributed by atoms with Crippen LogP contribution in [0.15, 0.2) is 72.8 Å². The third-order valence-corrected chi connectivity index (χ3v) is 9.15. The Hall–Kier alpha value is -3.48. The van der Waals surface area contributed by atoms with Gasteiger partial charge in [-0.05, 0) is 55.4 Å². The molecule has 0 unspecified atom stereocenters. The number of hydrogen-bond acceptors (Lipinski definition) is 4. The van der Waals surface area contributed by atoms with Gasteiger partial charge in [-0.15, -0.1) is 11.1 Å². The number of anilines is 2. The molecule has 0 N–H and O–H groups in total. The Kier molecular flexibility index (Phi) is 6.09. The minimum absolute atomic E-state index is 0.0998. The van der Waals surface area contributed by atoms with Gasteiger partial charge in [0.2, 0.25) is 11.8 Å². The van der Waals surface area contributed by atoms with E-state index < -0.39 is 0 Å². The van der Waals surface area contributed by atoms with Crippen molar-refractivity contribution in [3.8, 4) is 0 Å². The number of amides is 2. The molecular weight excluding hydrogens is 496 g/mol. The SMILES string of the molecule is CC(C)(C)c1cc([C@H]2N(c3ccccc3)C(=O)[C@@H]3CCCN32)[c-]c([C@H]2N(c3ccccc3)C(=O)[C@@H]3CCCN32)c1. The third kappa shape index (κ3) is 4.00. The summed E-state index contributed by atoms with van der Waals surface area (Å²) in [5.74, 6) is 0.345. The monoisotopic (exact) mass is 533 g/mol. The summed E-state index contributed by atoms with van der Waals surface area (Å²) >= 11 is 0. The Morgan fingerprint density at radius 2 is 1.10 bits per heavy atom. The summed E-state index contributed by atoms with van der Waals surface area (Å²) in [4.78, 5) is 36.4. The van der Waals surface area contributed by atoms with E-state index in [0.29, 0.717) is 0 Å². The molecule has 206 valence electrons. The molecule has 6 nitrogen and oxygen atoms in total. The van der Waals surface area contributed by atoms with E-state index in [1.54, 1.807) is 0 Å². The van der Waals surface area contributed by atoms with Gasteiger partial charge in [0, 0.05) is 24.5 Å². The maximum Gasteiger partial charge on any atom is 0.245 e. The zero-order valence-corrected chi connectivity index (χ0v) is 23.6. The van der Waals surface area contributed by atoms with Gasteiger partial charge in [-0.25, -0.2) is 0 Å². The molecule has 4 atom stereocenters. The highest BCUT2D eigenvalue weighted by atomic mass is 16.2. The number of benzene rings is 3. The van der Waals surface area contributed by atoms with Crippen LogP contribution in [0.2, 0.25) is 0 Å². The molecule has 0 radical (unpaired) electrons. The molecule has 3 aromatic carbocycles. The van der Waals surface area contributed by atoms with Gasteiger partial charge < -0.3 is 0 Å². The second-order valence-corrected chi connectivity index (χ2v) is 12.7. The predicted molar refractivity (Wildman–Crippen MR) is 157 cm³/mol. The summed E-state index contributed by atoms with van der Waals surface area (Å²) < 4.78 is 0. The molecule has 4 aliphatic heterocycles. The van der Waals surface area contributed by atoms with Gasteiger partial charge >= 0.3 is 0 Å². The number of fused-ring (bicyclic) bond motifs is 2. The molecule has 7 rings (SSSR count). The fourth-order valence-corrected chi connectivity index (χ4v) is 7.23. The van der Waals surface area contributed by atoms with Crippen molar-refractivity contribution in [3.63, 3.8) is 0 Å². The van der Waals surface area contributed by atoms with Crippen molar-refractivity contribution < 1.29 is 9.59 Å². The van der Waals surface area contributed by atoms with Crippen LogP contribution in [0.1, 0.15) is 75.5 Å². The maximum absolute atomic E-state index is 13.8. The quantitative estimate of drug-likeness (QED) is 0.398. The highest BCUT2D eigenvalue weighted by Gasteiger charge is 2.50. The van der Waals surface area contributed by atoms with E-state index in [4.69, 9.17) is 0 Å². The molecule has 0 spiro atoms. The van der Waals surface area contributed by atoms with E-state index in [2.05, 4.69) is 48.8 Å². The van der Waals surface area contributed by atoms with E-state index in [-0.39, 0.29) is 41.6 Å². The van der Waals surface area contributed by atoms with Crippen molar-refractivity contribution in [2.75, 3.05) is 22.9 Å². The van der Waals surface area contributed by atoms with Gasteiger partial charge in [0.05, 0.1) is 24.4 Å².